The van der Waals surface area contributed by atoms with Crippen LogP contribution in [0.15, 0.2) is 36.4 Å². The van der Waals surface area contributed by atoms with E-state index in [2.05, 4.69) is 6.92 Å². The standard InChI is InChI=1S/C22H26O4/c1-2-3-4-15-5-7-16(8-6-15)22(25)26-20-12-11-17-13-19(21(23)24)10-9-18(17)14-20/h9-16H,2-8H2,1H3,(H,23,24). The first-order valence-corrected chi connectivity index (χ1v) is 9.55. The number of esters is 1. The monoisotopic (exact) mass is 354 g/mol. The largest absolute Gasteiger partial charge is 0.478 e. The molecule has 1 saturated carbocycles. The minimum atomic E-state index is -0.947. The minimum absolute atomic E-state index is 0.00189. The number of carbonyl (C=O) groups excluding carboxylic acids is 1. The van der Waals surface area contributed by atoms with Crippen molar-refractivity contribution in [1.82, 2.24) is 0 Å². The van der Waals surface area contributed by atoms with Crippen LogP contribution in [0.25, 0.3) is 10.8 Å². The van der Waals surface area contributed by atoms with E-state index in [0.29, 0.717) is 5.75 Å². The second kappa shape index (κ2) is 8.35. The summed E-state index contributed by atoms with van der Waals surface area (Å²) in [6.45, 7) is 2.22. The first-order valence-electron chi connectivity index (χ1n) is 9.55. The molecular weight excluding hydrogens is 328 g/mol. The molecule has 0 radical (unpaired) electrons. The molecule has 1 aliphatic rings. The molecule has 3 rings (SSSR count). The summed E-state index contributed by atoms with van der Waals surface area (Å²) in [5.74, 6) is 0.206. The zero-order valence-corrected chi connectivity index (χ0v) is 15.2. The molecule has 2 aromatic carbocycles. The third kappa shape index (κ3) is 4.43. The Balaban J connectivity index is 1.61. The smallest absolute Gasteiger partial charge is 0.335 e. The van der Waals surface area contributed by atoms with Gasteiger partial charge in [0.25, 0.3) is 0 Å². The van der Waals surface area contributed by atoms with Gasteiger partial charge in [-0.2, -0.15) is 0 Å². The Kier molecular flexibility index (Phi) is 5.92. The second-order valence-corrected chi connectivity index (χ2v) is 7.31. The number of carboxylic acids is 1. The Bertz CT molecular complexity index is 788. The highest BCUT2D eigenvalue weighted by Gasteiger charge is 2.27. The molecular formula is C22H26O4. The summed E-state index contributed by atoms with van der Waals surface area (Å²) in [5, 5.41) is 10.7. The molecule has 2 aromatic rings. The van der Waals surface area contributed by atoms with Crippen molar-refractivity contribution < 1.29 is 19.4 Å². The van der Waals surface area contributed by atoms with Gasteiger partial charge in [0.15, 0.2) is 0 Å². The van der Waals surface area contributed by atoms with Gasteiger partial charge in [-0.25, -0.2) is 4.79 Å². The Morgan fingerprint density at radius 1 is 1.04 bits per heavy atom. The molecule has 138 valence electrons. The number of aromatic carboxylic acids is 1. The summed E-state index contributed by atoms with van der Waals surface area (Å²) < 4.78 is 5.60. The normalized spacial score (nSPS) is 20.0. The molecule has 0 spiro atoms. The van der Waals surface area contributed by atoms with Crippen LogP contribution in [0.2, 0.25) is 0 Å². The van der Waals surface area contributed by atoms with Crippen molar-refractivity contribution in [2.24, 2.45) is 11.8 Å². The Hall–Kier alpha value is -2.36. The van der Waals surface area contributed by atoms with Crippen molar-refractivity contribution in [3.8, 4) is 5.75 Å². The van der Waals surface area contributed by atoms with Crippen LogP contribution in [0, 0.1) is 11.8 Å². The van der Waals surface area contributed by atoms with E-state index in [1.165, 1.54) is 19.3 Å². The third-order valence-electron chi connectivity index (χ3n) is 5.42. The quantitative estimate of drug-likeness (QED) is 0.554. The molecule has 0 unspecified atom stereocenters. The van der Waals surface area contributed by atoms with E-state index < -0.39 is 5.97 Å². The van der Waals surface area contributed by atoms with Gasteiger partial charge >= 0.3 is 11.9 Å². The van der Waals surface area contributed by atoms with Crippen LogP contribution in [-0.2, 0) is 4.79 Å². The zero-order chi connectivity index (χ0) is 18.5. The molecule has 4 nitrogen and oxygen atoms in total. The van der Waals surface area contributed by atoms with E-state index >= 15 is 0 Å². The van der Waals surface area contributed by atoms with Gasteiger partial charge in [0.2, 0.25) is 0 Å². The average Bonchev–Trinajstić information content (AvgIpc) is 2.66. The number of hydrogen-bond acceptors (Lipinski definition) is 3. The fraction of sp³-hybridized carbons (Fsp3) is 0.455. The van der Waals surface area contributed by atoms with Crippen LogP contribution in [-0.4, -0.2) is 17.0 Å². The topological polar surface area (TPSA) is 63.6 Å². The van der Waals surface area contributed by atoms with Crippen LogP contribution in [0.4, 0.5) is 0 Å². The molecule has 1 fully saturated rings. The maximum Gasteiger partial charge on any atom is 0.335 e. The fourth-order valence-electron chi connectivity index (χ4n) is 3.80. The average molecular weight is 354 g/mol. The van der Waals surface area contributed by atoms with Crippen LogP contribution in [0.1, 0.15) is 62.2 Å². The first kappa shape index (κ1) is 18.4. The molecule has 1 aliphatic carbocycles. The maximum atomic E-state index is 12.5. The zero-order valence-electron chi connectivity index (χ0n) is 15.2. The van der Waals surface area contributed by atoms with Crippen molar-refractivity contribution >= 4 is 22.7 Å². The van der Waals surface area contributed by atoms with Crippen LogP contribution in [0.5, 0.6) is 5.75 Å². The van der Waals surface area contributed by atoms with E-state index in [1.807, 2.05) is 0 Å². The van der Waals surface area contributed by atoms with Crippen molar-refractivity contribution in [3.05, 3.63) is 42.0 Å². The van der Waals surface area contributed by atoms with Gasteiger partial charge in [-0.15, -0.1) is 0 Å². The minimum Gasteiger partial charge on any atom is -0.478 e. The molecule has 4 heteroatoms. The van der Waals surface area contributed by atoms with E-state index in [4.69, 9.17) is 9.84 Å². The van der Waals surface area contributed by atoms with Crippen LogP contribution >= 0.6 is 0 Å². The fourth-order valence-corrected chi connectivity index (χ4v) is 3.80. The highest BCUT2D eigenvalue weighted by atomic mass is 16.5. The molecule has 0 aliphatic heterocycles. The lowest BCUT2D eigenvalue weighted by Gasteiger charge is -2.27. The number of ether oxygens (including phenoxy) is 1. The number of unbranched alkanes of at least 4 members (excludes halogenated alkanes) is 1. The summed E-state index contributed by atoms with van der Waals surface area (Å²) in [5.41, 5.74) is 0.252. The van der Waals surface area contributed by atoms with Crippen LogP contribution in [0.3, 0.4) is 0 Å². The first-order chi connectivity index (χ1) is 12.6. The predicted molar refractivity (Wildman–Crippen MR) is 102 cm³/mol. The highest BCUT2D eigenvalue weighted by Crippen LogP contribution is 2.33. The highest BCUT2D eigenvalue weighted by molar-refractivity contribution is 5.95. The molecule has 0 bridgehead atoms. The molecule has 0 heterocycles. The number of rotatable bonds is 6. The Morgan fingerprint density at radius 3 is 2.42 bits per heavy atom. The SMILES string of the molecule is CCCCC1CCC(C(=O)Oc2ccc3cc(C(=O)O)ccc3c2)CC1. The van der Waals surface area contributed by atoms with Gasteiger partial charge < -0.3 is 9.84 Å². The number of carboxylic acid groups (broad SMARTS) is 1. The predicted octanol–water partition coefficient (Wildman–Crippen LogP) is 5.44. The molecule has 0 amide bonds. The van der Waals surface area contributed by atoms with E-state index in [-0.39, 0.29) is 17.5 Å². The summed E-state index contributed by atoms with van der Waals surface area (Å²) in [4.78, 5) is 23.5. The van der Waals surface area contributed by atoms with Crippen molar-refractivity contribution in [3.63, 3.8) is 0 Å². The third-order valence-corrected chi connectivity index (χ3v) is 5.42. The van der Waals surface area contributed by atoms with E-state index in [9.17, 15) is 9.59 Å². The van der Waals surface area contributed by atoms with Crippen molar-refractivity contribution in [1.29, 1.82) is 0 Å². The van der Waals surface area contributed by atoms with Gasteiger partial charge in [0, 0.05) is 0 Å². The number of benzene rings is 2. The lowest BCUT2D eigenvalue weighted by Crippen LogP contribution is -2.25. The van der Waals surface area contributed by atoms with Crippen LogP contribution < -0.4 is 4.74 Å². The molecule has 1 N–H and O–H groups in total. The Morgan fingerprint density at radius 2 is 1.73 bits per heavy atom. The number of carbonyl (C=O) groups is 2. The summed E-state index contributed by atoms with van der Waals surface area (Å²) in [6.07, 6.45) is 7.87. The summed E-state index contributed by atoms with van der Waals surface area (Å²) >= 11 is 0. The summed E-state index contributed by atoms with van der Waals surface area (Å²) in [6, 6.07) is 10.3. The maximum absolute atomic E-state index is 12.5. The molecule has 0 aromatic heterocycles. The van der Waals surface area contributed by atoms with E-state index in [1.54, 1.807) is 36.4 Å². The van der Waals surface area contributed by atoms with Gasteiger partial charge in [-0.1, -0.05) is 38.3 Å². The summed E-state index contributed by atoms with van der Waals surface area (Å²) in [7, 11) is 0. The second-order valence-electron chi connectivity index (χ2n) is 7.31. The lowest BCUT2D eigenvalue weighted by atomic mass is 9.80. The van der Waals surface area contributed by atoms with Gasteiger partial charge in [0.05, 0.1) is 11.5 Å². The van der Waals surface area contributed by atoms with Crippen molar-refractivity contribution in [2.75, 3.05) is 0 Å². The van der Waals surface area contributed by atoms with Gasteiger partial charge in [-0.3, -0.25) is 4.79 Å². The van der Waals surface area contributed by atoms with Gasteiger partial charge in [-0.05, 0) is 66.6 Å². The van der Waals surface area contributed by atoms with Gasteiger partial charge in [0.1, 0.15) is 5.75 Å². The molecule has 0 saturated heterocycles. The number of fused-ring (bicyclic) bond motifs is 1. The van der Waals surface area contributed by atoms with E-state index in [0.717, 1.165) is 42.4 Å². The Labute approximate surface area is 154 Å². The molecule has 26 heavy (non-hydrogen) atoms. The lowest BCUT2D eigenvalue weighted by molar-refractivity contribution is -0.140. The van der Waals surface area contributed by atoms with Crippen molar-refractivity contribution in [2.45, 2.75) is 51.9 Å². The molecule has 0 atom stereocenters. The number of hydrogen-bond donors (Lipinski definition) is 1.